The Morgan fingerprint density at radius 1 is 1.42 bits per heavy atom. The van der Waals surface area contributed by atoms with Crippen LogP contribution in [-0.2, 0) is 0 Å². The molecule has 1 N–H and O–H groups in total. The maximum atomic E-state index is 9.08. The zero-order valence-electron chi connectivity index (χ0n) is 8.05. The molecule has 0 aliphatic heterocycles. The molecule has 0 radical (unpaired) electrons. The Labute approximate surface area is 75.2 Å². The highest BCUT2D eigenvalue weighted by atomic mass is 16.3. The Morgan fingerprint density at radius 2 is 2.25 bits per heavy atom. The van der Waals surface area contributed by atoms with Gasteiger partial charge in [-0.05, 0) is 36.5 Å². The van der Waals surface area contributed by atoms with Crippen LogP contribution in [0.1, 0.15) is 45.4 Å². The van der Waals surface area contributed by atoms with Crippen LogP contribution in [0.3, 0.4) is 0 Å². The average Bonchev–Trinajstić information content (AvgIpc) is 2.78. The van der Waals surface area contributed by atoms with Gasteiger partial charge in [0.05, 0.1) is 0 Å². The third-order valence-electron chi connectivity index (χ3n) is 4.14. The maximum absolute atomic E-state index is 9.08. The second-order valence-electron chi connectivity index (χ2n) is 4.82. The molecule has 0 saturated heterocycles. The van der Waals surface area contributed by atoms with Crippen LogP contribution in [-0.4, -0.2) is 11.7 Å². The third-order valence-corrected chi connectivity index (χ3v) is 4.14. The molecule has 2 rings (SSSR count). The van der Waals surface area contributed by atoms with E-state index in [0.717, 1.165) is 5.92 Å². The zero-order chi connectivity index (χ0) is 8.60. The van der Waals surface area contributed by atoms with E-state index in [9.17, 15) is 0 Å². The molecule has 2 saturated carbocycles. The highest BCUT2D eigenvalue weighted by Gasteiger charge is 2.54. The molecule has 0 aromatic rings. The summed E-state index contributed by atoms with van der Waals surface area (Å²) in [6, 6.07) is 0. The van der Waals surface area contributed by atoms with Gasteiger partial charge in [-0.3, -0.25) is 0 Å². The number of rotatable bonds is 2. The second kappa shape index (κ2) is 3.02. The summed E-state index contributed by atoms with van der Waals surface area (Å²) >= 11 is 0. The molecule has 0 heterocycles. The van der Waals surface area contributed by atoms with E-state index in [-0.39, 0.29) is 0 Å². The van der Waals surface area contributed by atoms with Crippen LogP contribution >= 0.6 is 0 Å². The van der Waals surface area contributed by atoms with Crippen molar-refractivity contribution in [3.8, 4) is 0 Å². The predicted molar refractivity (Wildman–Crippen MR) is 49.9 cm³/mol. The summed E-state index contributed by atoms with van der Waals surface area (Å²) in [5, 5.41) is 9.08. The Morgan fingerprint density at radius 3 is 2.83 bits per heavy atom. The minimum absolute atomic E-state index is 0.441. The summed E-state index contributed by atoms with van der Waals surface area (Å²) in [5.41, 5.74) is 0.619. The molecular weight excluding hydrogens is 148 g/mol. The fourth-order valence-electron chi connectivity index (χ4n) is 3.12. The Balaban J connectivity index is 1.92. The molecule has 1 spiro atoms. The van der Waals surface area contributed by atoms with Crippen LogP contribution in [0.15, 0.2) is 0 Å². The van der Waals surface area contributed by atoms with Crippen LogP contribution in [0.4, 0.5) is 0 Å². The van der Waals surface area contributed by atoms with E-state index in [4.69, 9.17) is 5.11 Å². The molecule has 2 aliphatic carbocycles. The molecule has 0 aromatic carbocycles. The molecule has 3 unspecified atom stereocenters. The topological polar surface area (TPSA) is 20.2 Å². The fourth-order valence-corrected chi connectivity index (χ4v) is 3.12. The maximum Gasteiger partial charge on any atom is 0.0464 e. The molecule has 12 heavy (non-hydrogen) atoms. The Kier molecular flexibility index (Phi) is 2.16. The van der Waals surface area contributed by atoms with Crippen LogP contribution in [0.2, 0.25) is 0 Å². The monoisotopic (exact) mass is 168 g/mol. The largest absolute Gasteiger partial charge is 0.396 e. The number of aliphatic hydroxyl groups excluding tert-OH is 1. The van der Waals surface area contributed by atoms with Crippen molar-refractivity contribution in [3.63, 3.8) is 0 Å². The van der Waals surface area contributed by atoms with Gasteiger partial charge < -0.3 is 5.11 Å². The van der Waals surface area contributed by atoms with Crippen molar-refractivity contribution in [2.75, 3.05) is 6.61 Å². The van der Waals surface area contributed by atoms with E-state index in [1.165, 1.54) is 38.5 Å². The fraction of sp³-hybridized carbons (Fsp3) is 1.00. The van der Waals surface area contributed by atoms with E-state index < -0.39 is 0 Å². The van der Waals surface area contributed by atoms with Gasteiger partial charge in [-0.2, -0.15) is 0 Å². The first-order valence-electron chi connectivity index (χ1n) is 5.41. The summed E-state index contributed by atoms with van der Waals surface area (Å²) < 4.78 is 0. The van der Waals surface area contributed by atoms with Gasteiger partial charge in [0.1, 0.15) is 0 Å². The molecule has 0 bridgehead atoms. The van der Waals surface area contributed by atoms with Gasteiger partial charge >= 0.3 is 0 Å². The molecule has 1 nitrogen and oxygen atoms in total. The average molecular weight is 168 g/mol. The van der Waals surface area contributed by atoms with Crippen molar-refractivity contribution < 1.29 is 5.11 Å². The first-order chi connectivity index (χ1) is 5.80. The van der Waals surface area contributed by atoms with Gasteiger partial charge in [-0.1, -0.05) is 26.2 Å². The van der Waals surface area contributed by atoms with E-state index >= 15 is 0 Å². The minimum atomic E-state index is 0.441. The van der Waals surface area contributed by atoms with Gasteiger partial charge in [0.25, 0.3) is 0 Å². The minimum Gasteiger partial charge on any atom is -0.396 e. The summed E-state index contributed by atoms with van der Waals surface area (Å²) in [7, 11) is 0. The van der Waals surface area contributed by atoms with Gasteiger partial charge in [-0.15, -0.1) is 0 Å². The predicted octanol–water partition coefficient (Wildman–Crippen LogP) is 2.59. The second-order valence-corrected chi connectivity index (χ2v) is 4.82. The SMILES string of the molecule is CCC1CCCC2(C1)CC2CO. The summed E-state index contributed by atoms with van der Waals surface area (Å²) in [6.45, 7) is 2.75. The van der Waals surface area contributed by atoms with Gasteiger partial charge in [0.2, 0.25) is 0 Å². The lowest BCUT2D eigenvalue weighted by Gasteiger charge is -2.29. The first kappa shape index (κ1) is 8.55. The standard InChI is InChI=1S/C11H20O/c1-2-9-4-3-5-11(6-9)7-10(11)8-12/h9-10,12H,2-8H2,1H3. The highest BCUT2D eigenvalue weighted by Crippen LogP contribution is 2.62. The molecule has 0 aromatic heterocycles. The van der Waals surface area contributed by atoms with Crippen molar-refractivity contribution in [1.82, 2.24) is 0 Å². The molecule has 70 valence electrons. The van der Waals surface area contributed by atoms with Gasteiger partial charge in [0.15, 0.2) is 0 Å². The lowest BCUT2D eigenvalue weighted by atomic mass is 9.77. The van der Waals surface area contributed by atoms with Crippen molar-refractivity contribution in [2.24, 2.45) is 17.3 Å². The van der Waals surface area contributed by atoms with Gasteiger partial charge in [0, 0.05) is 6.61 Å². The van der Waals surface area contributed by atoms with E-state index in [1.54, 1.807) is 0 Å². The summed E-state index contributed by atoms with van der Waals surface area (Å²) in [5.74, 6) is 1.64. The van der Waals surface area contributed by atoms with E-state index in [2.05, 4.69) is 6.92 Å². The van der Waals surface area contributed by atoms with Crippen LogP contribution in [0, 0.1) is 17.3 Å². The van der Waals surface area contributed by atoms with Crippen LogP contribution in [0.25, 0.3) is 0 Å². The van der Waals surface area contributed by atoms with Gasteiger partial charge in [-0.25, -0.2) is 0 Å². The summed E-state index contributed by atoms with van der Waals surface area (Å²) in [6.07, 6.45) is 8.33. The molecule has 2 fully saturated rings. The Bertz CT molecular complexity index is 166. The number of hydrogen-bond donors (Lipinski definition) is 1. The molecule has 2 aliphatic rings. The number of hydrogen-bond acceptors (Lipinski definition) is 1. The van der Waals surface area contributed by atoms with E-state index in [0.29, 0.717) is 17.9 Å². The number of aliphatic hydroxyl groups is 1. The molecule has 0 amide bonds. The molecule has 1 heteroatoms. The third kappa shape index (κ3) is 1.28. The van der Waals surface area contributed by atoms with Crippen LogP contribution < -0.4 is 0 Å². The zero-order valence-corrected chi connectivity index (χ0v) is 8.05. The lowest BCUT2D eigenvalue weighted by molar-refractivity contribution is 0.186. The highest BCUT2D eigenvalue weighted by molar-refractivity contribution is 5.04. The van der Waals surface area contributed by atoms with Crippen molar-refractivity contribution in [1.29, 1.82) is 0 Å². The normalized spacial score (nSPS) is 46.5. The smallest absolute Gasteiger partial charge is 0.0464 e. The molecular formula is C11H20O. The molecule has 3 atom stereocenters. The van der Waals surface area contributed by atoms with Crippen LogP contribution in [0.5, 0.6) is 0 Å². The van der Waals surface area contributed by atoms with Crippen molar-refractivity contribution >= 4 is 0 Å². The van der Waals surface area contributed by atoms with Crippen molar-refractivity contribution in [3.05, 3.63) is 0 Å². The Hall–Kier alpha value is -0.0400. The van der Waals surface area contributed by atoms with E-state index in [1.807, 2.05) is 0 Å². The van der Waals surface area contributed by atoms with Crippen molar-refractivity contribution in [2.45, 2.75) is 45.4 Å². The summed E-state index contributed by atoms with van der Waals surface area (Å²) in [4.78, 5) is 0. The first-order valence-corrected chi connectivity index (χ1v) is 5.41. The lowest BCUT2D eigenvalue weighted by Crippen LogP contribution is -2.18. The quantitative estimate of drug-likeness (QED) is 0.672.